The lowest BCUT2D eigenvalue weighted by atomic mass is 10.3. The second-order valence-electron chi connectivity index (χ2n) is 2.75. The number of carbonyl (C=O) groups is 1. The third-order valence-corrected chi connectivity index (χ3v) is 1.41. The van der Waals surface area contributed by atoms with E-state index in [0.717, 1.165) is 19.5 Å². The summed E-state index contributed by atoms with van der Waals surface area (Å²) in [6, 6.07) is 0. The van der Waals surface area contributed by atoms with E-state index in [9.17, 15) is 4.79 Å². The van der Waals surface area contributed by atoms with Crippen LogP contribution in [0.15, 0.2) is 12.2 Å². The third kappa shape index (κ3) is 3.53. The third-order valence-electron chi connectivity index (χ3n) is 1.41. The first-order valence-electron chi connectivity index (χ1n) is 4.34. The highest BCUT2D eigenvalue weighted by Crippen LogP contribution is 1.96. The fourth-order valence-electron chi connectivity index (χ4n) is 0.897. The van der Waals surface area contributed by atoms with Crippen molar-refractivity contribution in [2.45, 2.75) is 27.2 Å². The van der Waals surface area contributed by atoms with Gasteiger partial charge in [-0.05, 0) is 13.3 Å². The molecule has 3 heteroatoms. The van der Waals surface area contributed by atoms with Gasteiger partial charge in [0.15, 0.2) is 0 Å². The molecule has 12 heavy (non-hydrogen) atoms. The number of hydrogen-bond acceptors (Lipinski definition) is 2. The molecule has 1 N–H and O–H groups in total. The van der Waals surface area contributed by atoms with Crippen LogP contribution in [0, 0.1) is 0 Å². The summed E-state index contributed by atoms with van der Waals surface area (Å²) in [5, 5.41) is 1.61. The lowest BCUT2D eigenvalue weighted by Crippen LogP contribution is -2.43. The van der Waals surface area contributed by atoms with Crippen molar-refractivity contribution in [3.63, 3.8) is 0 Å². The molecule has 0 spiro atoms. The Balaban J connectivity index is 4.08. The summed E-state index contributed by atoms with van der Waals surface area (Å²) < 4.78 is 0. The van der Waals surface area contributed by atoms with Crippen LogP contribution in [0.25, 0.3) is 0 Å². The van der Waals surface area contributed by atoms with Gasteiger partial charge in [0.25, 0.3) is 5.91 Å². The van der Waals surface area contributed by atoms with Crippen molar-refractivity contribution in [2.75, 3.05) is 13.1 Å². The van der Waals surface area contributed by atoms with E-state index in [-0.39, 0.29) is 5.91 Å². The Morgan fingerprint density at radius 2 is 2.08 bits per heavy atom. The van der Waals surface area contributed by atoms with Crippen LogP contribution in [-0.2, 0) is 4.79 Å². The fourth-order valence-corrected chi connectivity index (χ4v) is 0.897. The van der Waals surface area contributed by atoms with Crippen LogP contribution in [0.4, 0.5) is 0 Å². The van der Waals surface area contributed by atoms with Crippen LogP contribution in [0.3, 0.4) is 0 Å². The van der Waals surface area contributed by atoms with Crippen molar-refractivity contribution in [1.29, 1.82) is 0 Å². The molecule has 0 aliphatic carbocycles. The average Bonchev–Trinajstić information content (AvgIpc) is 2.03. The molecule has 0 aliphatic rings. The zero-order valence-corrected chi connectivity index (χ0v) is 8.18. The lowest BCUT2D eigenvalue weighted by molar-refractivity contribution is -0.130. The molecular formula is C9H18N2O. The van der Waals surface area contributed by atoms with Gasteiger partial charge in [-0.2, -0.15) is 0 Å². The zero-order chi connectivity index (χ0) is 9.56. The number of hydrogen-bond donors (Lipinski definition) is 1. The van der Waals surface area contributed by atoms with Crippen LogP contribution in [-0.4, -0.2) is 24.0 Å². The van der Waals surface area contributed by atoms with Crippen molar-refractivity contribution in [3.8, 4) is 0 Å². The molecule has 0 unspecified atom stereocenters. The first-order chi connectivity index (χ1) is 5.63. The van der Waals surface area contributed by atoms with E-state index in [4.69, 9.17) is 0 Å². The molecule has 0 heterocycles. The summed E-state index contributed by atoms with van der Waals surface area (Å²) in [4.78, 5) is 11.4. The van der Waals surface area contributed by atoms with Crippen molar-refractivity contribution in [2.24, 2.45) is 0 Å². The fraction of sp³-hybridized carbons (Fsp3) is 0.667. The van der Waals surface area contributed by atoms with Gasteiger partial charge in [0.05, 0.1) is 0 Å². The molecule has 3 nitrogen and oxygen atoms in total. The summed E-state index contributed by atoms with van der Waals surface area (Å²) in [5.74, 6) is -0.0151. The maximum atomic E-state index is 11.4. The Labute approximate surface area is 74.4 Å². The number of carbonyl (C=O) groups excluding carboxylic acids is 1. The van der Waals surface area contributed by atoms with Gasteiger partial charge >= 0.3 is 0 Å². The van der Waals surface area contributed by atoms with Gasteiger partial charge in [-0.15, -0.1) is 0 Å². The highest BCUT2D eigenvalue weighted by Gasteiger charge is 2.10. The second-order valence-corrected chi connectivity index (χ2v) is 2.75. The number of nitrogens with one attached hydrogen (secondary N) is 1. The molecule has 0 saturated carbocycles. The SMILES string of the molecule is C=C(C)C(=O)N(CCC)NCC. The van der Waals surface area contributed by atoms with Crippen LogP contribution in [0.1, 0.15) is 27.2 Å². The van der Waals surface area contributed by atoms with Gasteiger partial charge in [0.2, 0.25) is 0 Å². The zero-order valence-electron chi connectivity index (χ0n) is 8.18. The summed E-state index contributed by atoms with van der Waals surface area (Å²) in [7, 11) is 0. The molecule has 0 radical (unpaired) electrons. The van der Waals surface area contributed by atoms with Crippen molar-refractivity contribution >= 4 is 5.91 Å². The van der Waals surface area contributed by atoms with Crippen LogP contribution in [0.5, 0.6) is 0 Å². The summed E-state index contributed by atoms with van der Waals surface area (Å²) in [5.41, 5.74) is 3.56. The van der Waals surface area contributed by atoms with E-state index in [0.29, 0.717) is 5.57 Å². The lowest BCUT2D eigenvalue weighted by Gasteiger charge is -2.21. The molecule has 0 aromatic rings. The first-order valence-corrected chi connectivity index (χ1v) is 4.34. The monoisotopic (exact) mass is 170 g/mol. The van der Waals surface area contributed by atoms with Crippen LogP contribution < -0.4 is 5.43 Å². The minimum Gasteiger partial charge on any atom is -0.274 e. The largest absolute Gasteiger partial charge is 0.274 e. The maximum Gasteiger partial charge on any atom is 0.262 e. The molecule has 70 valence electrons. The molecule has 1 amide bonds. The molecule has 0 saturated heterocycles. The Bertz CT molecular complexity index is 160. The van der Waals surface area contributed by atoms with Gasteiger partial charge in [-0.25, -0.2) is 5.43 Å². The molecule has 0 bridgehead atoms. The minimum absolute atomic E-state index is 0.0151. The topological polar surface area (TPSA) is 32.3 Å². The quantitative estimate of drug-likeness (QED) is 0.498. The molecule has 0 fully saturated rings. The van der Waals surface area contributed by atoms with Crippen LogP contribution >= 0.6 is 0 Å². The normalized spacial score (nSPS) is 9.58. The molecule has 0 aliphatic heterocycles. The number of hydrazine groups is 1. The van der Waals surface area contributed by atoms with Gasteiger partial charge < -0.3 is 0 Å². The highest BCUT2D eigenvalue weighted by atomic mass is 16.2. The molecule has 0 rings (SSSR count). The van der Waals surface area contributed by atoms with Crippen LogP contribution in [0.2, 0.25) is 0 Å². The smallest absolute Gasteiger partial charge is 0.262 e. The van der Waals surface area contributed by atoms with Gasteiger partial charge in [-0.1, -0.05) is 20.4 Å². The molecule has 0 atom stereocenters. The number of rotatable bonds is 5. The predicted molar refractivity (Wildman–Crippen MR) is 50.5 cm³/mol. The van der Waals surface area contributed by atoms with E-state index in [1.807, 2.05) is 13.8 Å². The molecular weight excluding hydrogens is 152 g/mol. The van der Waals surface area contributed by atoms with E-state index in [1.165, 1.54) is 0 Å². The van der Waals surface area contributed by atoms with Gasteiger partial charge in [0.1, 0.15) is 0 Å². The minimum atomic E-state index is -0.0151. The first kappa shape index (κ1) is 11.2. The standard InChI is InChI=1S/C9H18N2O/c1-5-7-11(10-6-2)9(12)8(3)4/h10H,3,5-7H2,1-2,4H3. The average molecular weight is 170 g/mol. The summed E-state index contributed by atoms with van der Waals surface area (Å²) >= 11 is 0. The van der Waals surface area contributed by atoms with Gasteiger partial charge in [-0.3, -0.25) is 9.80 Å². The number of amides is 1. The maximum absolute atomic E-state index is 11.4. The van der Waals surface area contributed by atoms with E-state index < -0.39 is 0 Å². The Morgan fingerprint density at radius 1 is 1.50 bits per heavy atom. The second kappa shape index (κ2) is 5.77. The number of nitrogens with zero attached hydrogens (tertiary/aromatic N) is 1. The van der Waals surface area contributed by atoms with Gasteiger partial charge in [0, 0.05) is 18.7 Å². The summed E-state index contributed by atoms with van der Waals surface area (Å²) in [6.07, 6.45) is 0.950. The predicted octanol–water partition coefficient (Wildman–Crippen LogP) is 1.33. The Morgan fingerprint density at radius 3 is 2.42 bits per heavy atom. The van der Waals surface area contributed by atoms with Crippen molar-refractivity contribution < 1.29 is 4.79 Å². The Kier molecular flexibility index (Phi) is 5.37. The van der Waals surface area contributed by atoms with E-state index in [2.05, 4.69) is 12.0 Å². The summed E-state index contributed by atoms with van der Waals surface area (Å²) in [6.45, 7) is 10.8. The van der Waals surface area contributed by atoms with Crippen molar-refractivity contribution in [3.05, 3.63) is 12.2 Å². The highest BCUT2D eigenvalue weighted by molar-refractivity contribution is 5.91. The van der Waals surface area contributed by atoms with E-state index >= 15 is 0 Å². The molecule has 0 aromatic heterocycles. The Hall–Kier alpha value is -0.830. The van der Waals surface area contributed by atoms with E-state index in [1.54, 1.807) is 11.9 Å². The van der Waals surface area contributed by atoms with Crippen molar-refractivity contribution in [1.82, 2.24) is 10.4 Å². The molecule has 0 aromatic carbocycles.